The zero-order valence-corrected chi connectivity index (χ0v) is 22.7. The van der Waals surface area contributed by atoms with Crippen LogP contribution in [-0.2, 0) is 10.0 Å². The molecule has 1 saturated heterocycles. The number of aromatic nitrogens is 3. The van der Waals surface area contributed by atoms with Crippen LogP contribution in [0.15, 0.2) is 66.0 Å². The highest BCUT2D eigenvalue weighted by atomic mass is 35.5. The average molecular weight is 593 g/mol. The second-order valence-corrected chi connectivity index (χ2v) is 11.5. The lowest BCUT2D eigenvalue weighted by atomic mass is 10.1. The number of carbonyl (C=O) groups is 1. The zero-order valence-electron chi connectivity index (χ0n) is 20.3. The van der Waals surface area contributed by atoms with Crippen molar-refractivity contribution in [1.29, 1.82) is 0 Å². The fourth-order valence-electron chi connectivity index (χ4n) is 4.17. The van der Waals surface area contributed by atoms with E-state index < -0.39 is 33.0 Å². The lowest BCUT2D eigenvalue weighted by Crippen LogP contribution is -2.42. The van der Waals surface area contributed by atoms with E-state index in [-0.39, 0.29) is 47.1 Å². The Morgan fingerprint density at radius 2 is 1.77 bits per heavy atom. The molecule has 1 aliphatic heterocycles. The van der Waals surface area contributed by atoms with Gasteiger partial charge < -0.3 is 11.1 Å². The monoisotopic (exact) mass is 592 g/mol. The minimum absolute atomic E-state index is 0. The second kappa shape index (κ2) is 11.7. The first-order chi connectivity index (χ1) is 18.2. The first kappa shape index (κ1) is 28.5. The van der Waals surface area contributed by atoms with E-state index in [1.54, 1.807) is 24.5 Å². The van der Waals surface area contributed by atoms with Crippen LogP contribution in [0.5, 0.6) is 0 Å². The summed E-state index contributed by atoms with van der Waals surface area (Å²) in [6.45, 7) is 0.523. The van der Waals surface area contributed by atoms with E-state index in [0.29, 0.717) is 23.7 Å². The number of nitrogen functional groups attached to an aromatic ring is 1. The van der Waals surface area contributed by atoms with Crippen molar-refractivity contribution in [2.24, 2.45) is 0 Å². The fraction of sp³-hybridized carbons (Fsp3) is 0.200. The molecule has 3 aromatic heterocycles. The molecule has 0 amide bonds. The smallest absolute Gasteiger partial charge is 0.244 e. The number of halogens is 3. The van der Waals surface area contributed by atoms with Crippen LogP contribution in [0.2, 0.25) is 0 Å². The summed E-state index contributed by atoms with van der Waals surface area (Å²) in [7, 11) is -3.73. The van der Waals surface area contributed by atoms with Crippen molar-refractivity contribution in [3.8, 4) is 11.3 Å². The van der Waals surface area contributed by atoms with Crippen LogP contribution < -0.4 is 11.1 Å². The number of pyridine rings is 2. The van der Waals surface area contributed by atoms with Crippen LogP contribution in [0.1, 0.15) is 28.1 Å². The number of nitrogens with one attached hydrogen (secondary N) is 1. The molecule has 4 heterocycles. The SMILES string of the molecule is Cl.Nc1nc(NC2CCN(S(=O)(=O)c3ccc(-c4cccnc4)nc3)CC2)sc1C(=O)c1c(F)cccc1F. The number of hydrogen-bond donors (Lipinski definition) is 2. The van der Waals surface area contributed by atoms with Crippen LogP contribution in [0.25, 0.3) is 11.3 Å². The zero-order chi connectivity index (χ0) is 26.9. The molecule has 0 saturated carbocycles. The molecule has 0 spiro atoms. The Balaban J connectivity index is 0.00000353. The third kappa shape index (κ3) is 5.91. The molecule has 1 aliphatic rings. The van der Waals surface area contributed by atoms with Gasteiger partial charge in [0.15, 0.2) is 5.13 Å². The van der Waals surface area contributed by atoms with Crippen LogP contribution in [0.3, 0.4) is 0 Å². The van der Waals surface area contributed by atoms with Gasteiger partial charge in [-0.25, -0.2) is 22.2 Å². The summed E-state index contributed by atoms with van der Waals surface area (Å²) >= 11 is 0.902. The number of ketones is 1. The lowest BCUT2D eigenvalue weighted by Gasteiger charge is -2.31. The van der Waals surface area contributed by atoms with Crippen molar-refractivity contribution in [2.75, 3.05) is 24.1 Å². The first-order valence-electron chi connectivity index (χ1n) is 11.6. The molecule has 1 fully saturated rings. The minimum atomic E-state index is -3.73. The highest BCUT2D eigenvalue weighted by Crippen LogP contribution is 2.31. The van der Waals surface area contributed by atoms with Crippen LogP contribution >= 0.6 is 23.7 Å². The largest absolute Gasteiger partial charge is 0.382 e. The average Bonchev–Trinajstić information content (AvgIpc) is 3.29. The molecular formula is C25H23ClF2N6O3S2. The van der Waals surface area contributed by atoms with Crippen molar-refractivity contribution in [2.45, 2.75) is 23.8 Å². The van der Waals surface area contributed by atoms with Crippen LogP contribution in [0, 0.1) is 11.6 Å². The van der Waals surface area contributed by atoms with E-state index in [2.05, 4.69) is 20.3 Å². The summed E-state index contributed by atoms with van der Waals surface area (Å²) in [5, 5.41) is 3.48. The standard InChI is InChI=1S/C25H22F2N6O3S2.ClH/c26-18-4-1-5-19(27)21(18)22(34)23-24(28)32-25(37-23)31-16-8-11-33(12-9-16)38(35,36)17-6-7-20(30-14-17)15-3-2-10-29-13-15;/h1-7,10,13-14,16H,8-9,11-12,28H2,(H,31,32);1H. The van der Waals surface area contributed by atoms with Crippen molar-refractivity contribution in [3.05, 3.63) is 83.1 Å². The maximum absolute atomic E-state index is 14.1. The predicted octanol–water partition coefficient (Wildman–Crippen LogP) is 4.38. The molecule has 204 valence electrons. The maximum Gasteiger partial charge on any atom is 0.244 e. The van der Waals surface area contributed by atoms with Gasteiger partial charge in [-0.05, 0) is 49.2 Å². The van der Waals surface area contributed by atoms with Crippen molar-refractivity contribution >= 4 is 50.5 Å². The Morgan fingerprint density at radius 3 is 2.38 bits per heavy atom. The van der Waals surface area contributed by atoms with Gasteiger partial charge in [0.1, 0.15) is 27.2 Å². The van der Waals surface area contributed by atoms with E-state index in [0.717, 1.165) is 29.0 Å². The number of hydrogen-bond acceptors (Lipinski definition) is 9. The van der Waals surface area contributed by atoms with Gasteiger partial charge in [-0.1, -0.05) is 17.4 Å². The Morgan fingerprint density at radius 1 is 1.05 bits per heavy atom. The summed E-state index contributed by atoms with van der Waals surface area (Å²) in [6.07, 6.45) is 5.60. The Kier molecular flexibility index (Phi) is 8.54. The van der Waals surface area contributed by atoms with E-state index >= 15 is 0 Å². The van der Waals surface area contributed by atoms with Gasteiger partial charge in [-0.15, -0.1) is 12.4 Å². The molecule has 0 unspecified atom stereocenters. The summed E-state index contributed by atoms with van der Waals surface area (Å²) in [5.74, 6) is -2.97. The third-order valence-corrected chi connectivity index (χ3v) is 9.05. The number of benzene rings is 1. The Hall–Kier alpha value is -3.52. The van der Waals surface area contributed by atoms with Gasteiger partial charge in [-0.3, -0.25) is 14.8 Å². The molecule has 9 nitrogen and oxygen atoms in total. The number of sulfonamides is 1. The third-order valence-electron chi connectivity index (χ3n) is 6.16. The lowest BCUT2D eigenvalue weighted by molar-refractivity contribution is 0.103. The molecule has 3 N–H and O–H groups in total. The van der Waals surface area contributed by atoms with E-state index in [9.17, 15) is 22.0 Å². The predicted molar refractivity (Wildman–Crippen MR) is 146 cm³/mol. The van der Waals surface area contributed by atoms with Crippen molar-refractivity contribution < 1.29 is 22.0 Å². The van der Waals surface area contributed by atoms with Crippen molar-refractivity contribution in [3.63, 3.8) is 0 Å². The molecular weight excluding hydrogens is 570 g/mol. The highest BCUT2D eigenvalue weighted by Gasteiger charge is 2.31. The van der Waals surface area contributed by atoms with Gasteiger partial charge >= 0.3 is 0 Å². The number of piperidine rings is 1. The summed E-state index contributed by atoms with van der Waals surface area (Å²) in [6, 6.07) is 9.84. The molecule has 0 radical (unpaired) electrons. The molecule has 0 atom stereocenters. The quantitative estimate of drug-likeness (QED) is 0.302. The number of nitrogens with zero attached hydrogens (tertiary/aromatic N) is 4. The normalized spacial score (nSPS) is 14.5. The van der Waals surface area contributed by atoms with Gasteiger partial charge in [0.2, 0.25) is 15.8 Å². The van der Waals surface area contributed by atoms with Crippen LogP contribution in [-0.4, -0.2) is 52.6 Å². The molecule has 14 heteroatoms. The van der Waals surface area contributed by atoms with E-state index in [1.165, 1.54) is 22.6 Å². The highest BCUT2D eigenvalue weighted by molar-refractivity contribution is 7.89. The fourth-order valence-corrected chi connectivity index (χ4v) is 6.49. The van der Waals surface area contributed by atoms with Gasteiger partial charge in [-0.2, -0.15) is 4.31 Å². The molecule has 0 bridgehead atoms. The number of carbonyl (C=O) groups excluding carboxylic acids is 1. The van der Waals surface area contributed by atoms with Crippen molar-refractivity contribution in [1.82, 2.24) is 19.3 Å². The molecule has 1 aromatic carbocycles. The maximum atomic E-state index is 14.1. The second-order valence-electron chi connectivity index (χ2n) is 8.60. The van der Waals surface area contributed by atoms with Gasteiger partial charge in [0.05, 0.1) is 11.3 Å². The molecule has 39 heavy (non-hydrogen) atoms. The number of anilines is 2. The van der Waals surface area contributed by atoms with E-state index in [4.69, 9.17) is 5.73 Å². The minimum Gasteiger partial charge on any atom is -0.382 e. The Bertz CT molecular complexity index is 1560. The van der Waals surface area contributed by atoms with Gasteiger partial charge in [0, 0.05) is 43.3 Å². The topological polar surface area (TPSA) is 131 Å². The summed E-state index contributed by atoms with van der Waals surface area (Å²) < 4.78 is 55.8. The number of nitrogens with two attached hydrogens (primary N) is 1. The summed E-state index contributed by atoms with van der Waals surface area (Å²) in [5.41, 5.74) is 6.60. The Labute approximate surface area is 233 Å². The first-order valence-corrected chi connectivity index (χ1v) is 13.9. The van der Waals surface area contributed by atoms with Crippen LogP contribution in [0.4, 0.5) is 19.7 Å². The molecule has 5 rings (SSSR count). The van der Waals surface area contributed by atoms with Gasteiger partial charge in [0.25, 0.3) is 0 Å². The van der Waals surface area contributed by atoms with E-state index in [1.807, 2.05) is 6.07 Å². The molecule has 4 aromatic rings. The number of rotatable bonds is 7. The molecule has 0 aliphatic carbocycles. The summed E-state index contributed by atoms with van der Waals surface area (Å²) in [4.78, 5) is 25.2. The number of thiazole rings is 1.